The summed E-state index contributed by atoms with van der Waals surface area (Å²) >= 11 is 0. The summed E-state index contributed by atoms with van der Waals surface area (Å²) in [5.41, 5.74) is 3.03. The van der Waals surface area contributed by atoms with Gasteiger partial charge in [-0.2, -0.15) is 0 Å². The fraction of sp³-hybridized carbons (Fsp3) is 0.522. The van der Waals surface area contributed by atoms with Crippen LogP contribution in [0.15, 0.2) is 30.3 Å². The molecule has 0 spiro atoms. The molecule has 0 saturated carbocycles. The van der Waals surface area contributed by atoms with Crippen molar-refractivity contribution in [2.45, 2.75) is 26.5 Å². The van der Waals surface area contributed by atoms with E-state index in [0.717, 1.165) is 72.2 Å². The molecule has 5 heterocycles. The van der Waals surface area contributed by atoms with E-state index in [9.17, 15) is 4.79 Å². The molecule has 1 aromatic heterocycles. The minimum Gasteiger partial charge on any atom is -0.486 e. The third kappa shape index (κ3) is 3.45. The van der Waals surface area contributed by atoms with E-state index in [2.05, 4.69) is 29.4 Å². The number of benzene rings is 1. The van der Waals surface area contributed by atoms with Gasteiger partial charge in [0, 0.05) is 36.6 Å². The van der Waals surface area contributed by atoms with Crippen LogP contribution in [0.2, 0.25) is 0 Å². The SMILES string of the molecule is Cc1cc(C(=O)C[N+]23CCN(CC2)CC3)c(C)n1CC1COc2ccccc2O1. The number of hydrogen-bond donors (Lipinski definition) is 0. The van der Waals surface area contributed by atoms with Crippen molar-refractivity contribution in [3.8, 4) is 11.5 Å². The Morgan fingerprint density at radius 1 is 1.10 bits per heavy atom. The van der Waals surface area contributed by atoms with Crippen molar-refractivity contribution in [2.24, 2.45) is 0 Å². The van der Waals surface area contributed by atoms with E-state index in [4.69, 9.17) is 9.47 Å². The van der Waals surface area contributed by atoms with E-state index >= 15 is 0 Å². The predicted octanol–water partition coefficient (Wildman–Crippen LogP) is 2.27. The molecular weight excluding hydrogens is 366 g/mol. The lowest BCUT2D eigenvalue weighted by molar-refractivity contribution is -0.933. The zero-order valence-corrected chi connectivity index (χ0v) is 17.4. The number of aryl methyl sites for hydroxylation is 1. The number of carbonyl (C=O) groups excluding carboxylic acids is 1. The smallest absolute Gasteiger partial charge is 0.218 e. The lowest BCUT2D eigenvalue weighted by atomic mass is 10.1. The number of ketones is 1. The maximum atomic E-state index is 13.2. The van der Waals surface area contributed by atoms with Crippen molar-refractivity contribution in [1.82, 2.24) is 9.47 Å². The summed E-state index contributed by atoms with van der Waals surface area (Å²) in [7, 11) is 0. The van der Waals surface area contributed by atoms with Gasteiger partial charge in [-0.05, 0) is 32.0 Å². The highest BCUT2D eigenvalue weighted by atomic mass is 16.6. The van der Waals surface area contributed by atoms with Crippen LogP contribution in [-0.2, 0) is 6.54 Å². The van der Waals surface area contributed by atoms with Crippen LogP contribution in [0.1, 0.15) is 21.7 Å². The van der Waals surface area contributed by atoms with Crippen molar-refractivity contribution in [1.29, 1.82) is 0 Å². The number of rotatable bonds is 5. The fourth-order valence-corrected chi connectivity index (χ4v) is 5.08. The summed E-state index contributed by atoms with van der Waals surface area (Å²) in [5, 5.41) is 0. The number of quaternary nitrogens is 1. The van der Waals surface area contributed by atoms with Crippen molar-refractivity contribution in [3.05, 3.63) is 47.3 Å². The number of carbonyl (C=O) groups is 1. The first-order valence-electron chi connectivity index (χ1n) is 10.7. The number of piperazine rings is 3. The molecule has 0 amide bonds. The summed E-state index contributed by atoms with van der Waals surface area (Å²) in [6.45, 7) is 12.7. The number of ether oxygens (including phenoxy) is 2. The minimum atomic E-state index is -0.0605. The lowest BCUT2D eigenvalue weighted by Gasteiger charge is -2.50. The van der Waals surface area contributed by atoms with E-state index in [0.29, 0.717) is 19.7 Å². The predicted molar refractivity (Wildman–Crippen MR) is 111 cm³/mol. The maximum absolute atomic E-state index is 13.2. The van der Waals surface area contributed by atoms with Crippen molar-refractivity contribution in [3.63, 3.8) is 0 Å². The number of hydrogen-bond acceptors (Lipinski definition) is 4. The summed E-state index contributed by atoms with van der Waals surface area (Å²) < 4.78 is 15.2. The van der Waals surface area contributed by atoms with Crippen molar-refractivity contribution in [2.75, 3.05) is 52.4 Å². The molecule has 6 nitrogen and oxygen atoms in total. The van der Waals surface area contributed by atoms with Gasteiger partial charge in [0.05, 0.1) is 26.2 Å². The highest BCUT2D eigenvalue weighted by Crippen LogP contribution is 2.32. The van der Waals surface area contributed by atoms with Crippen LogP contribution in [-0.4, -0.2) is 78.3 Å². The first-order valence-corrected chi connectivity index (χ1v) is 10.7. The first kappa shape index (κ1) is 18.7. The number of aromatic nitrogens is 1. The molecule has 6 heteroatoms. The zero-order chi connectivity index (χ0) is 20.0. The summed E-state index contributed by atoms with van der Waals surface area (Å²) in [6.07, 6.45) is -0.0605. The molecule has 3 fully saturated rings. The summed E-state index contributed by atoms with van der Waals surface area (Å²) in [5.74, 6) is 1.88. The quantitative estimate of drug-likeness (QED) is 0.575. The minimum absolute atomic E-state index is 0.0605. The molecule has 1 aromatic carbocycles. The molecule has 2 aromatic rings. The molecule has 154 valence electrons. The number of Topliss-reactive ketones (excluding diaryl/α,β-unsaturated/α-hetero) is 1. The topological polar surface area (TPSA) is 43.7 Å². The van der Waals surface area contributed by atoms with Crippen LogP contribution in [0.25, 0.3) is 0 Å². The van der Waals surface area contributed by atoms with Gasteiger partial charge in [-0.1, -0.05) is 12.1 Å². The second kappa shape index (κ2) is 7.18. The van der Waals surface area contributed by atoms with Gasteiger partial charge in [0.2, 0.25) is 5.78 Å². The Balaban J connectivity index is 1.31. The third-order valence-electron chi connectivity index (χ3n) is 6.98. The molecule has 1 unspecified atom stereocenters. The van der Waals surface area contributed by atoms with Gasteiger partial charge in [0.15, 0.2) is 17.6 Å². The average Bonchev–Trinajstić information content (AvgIpc) is 3.03. The van der Waals surface area contributed by atoms with Gasteiger partial charge in [-0.15, -0.1) is 0 Å². The largest absolute Gasteiger partial charge is 0.486 e. The summed E-state index contributed by atoms with van der Waals surface area (Å²) in [6, 6.07) is 9.85. The molecule has 0 radical (unpaired) electrons. The van der Waals surface area contributed by atoms with Crippen LogP contribution in [0.3, 0.4) is 0 Å². The van der Waals surface area contributed by atoms with Crippen LogP contribution < -0.4 is 9.47 Å². The fourth-order valence-electron chi connectivity index (χ4n) is 5.08. The van der Waals surface area contributed by atoms with Gasteiger partial charge >= 0.3 is 0 Å². The van der Waals surface area contributed by atoms with Gasteiger partial charge in [0.25, 0.3) is 0 Å². The Bertz CT molecular complexity index is 914. The standard InChI is InChI=1S/C23H30N3O3/c1-17-13-20(21(27)15-26-10-7-24(8-11-26)9-12-26)18(2)25(17)14-19-16-28-22-5-3-4-6-23(22)29-19/h3-6,13,19H,7-12,14-16H2,1-2H3/q+1. The Hall–Kier alpha value is -2.31. The Kier molecular flexibility index (Phi) is 4.63. The van der Waals surface area contributed by atoms with Crippen LogP contribution in [0, 0.1) is 13.8 Å². The molecular formula is C23H30N3O3+. The monoisotopic (exact) mass is 396 g/mol. The molecule has 1 atom stereocenters. The molecule has 6 rings (SSSR count). The summed E-state index contributed by atoms with van der Waals surface area (Å²) in [4.78, 5) is 15.8. The zero-order valence-electron chi connectivity index (χ0n) is 17.4. The van der Waals surface area contributed by atoms with E-state index in [-0.39, 0.29) is 11.9 Å². The van der Waals surface area contributed by atoms with Crippen LogP contribution >= 0.6 is 0 Å². The molecule has 4 aliphatic rings. The Morgan fingerprint density at radius 2 is 1.79 bits per heavy atom. The number of nitrogens with zero attached hydrogens (tertiary/aromatic N) is 3. The normalized spacial score (nSPS) is 27.8. The highest BCUT2D eigenvalue weighted by molar-refractivity contribution is 5.98. The molecule has 3 saturated heterocycles. The molecule has 0 N–H and O–H groups in total. The molecule has 0 aliphatic carbocycles. The van der Waals surface area contributed by atoms with E-state index in [1.165, 1.54) is 0 Å². The highest BCUT2D eigenvalue weighted by Gasteiger charge is 2.40. The molecule has 4 aliphatic heterocycles. The van der Waals surface area contributed by atoms with Crippen LogP contribution in [0.4, 0.5) is 0 Å². The van der Waals surface area contributed by atoms with Gasteiger partial charge in [-0.3, -0.25) is 9.69 Å². The number of para-hydroxylation sites is 2. The molecule has 2 bridgehead atoms. The average molecular weight is 397 g/mol. The second-order valence-electron chi connectivity index (χ2n) is 8.83. The maximum Gasteiger partial charge on any atom is 0.218 e. The number of fused-ring (bicyclic) bond motifs is 4. The van der Waals surface area contributed by atoms with Crippen molar-refractivity contribution >= 4 is 5.78 Å². The molecule has 29 heavy (non-hydrogen) atoms. The van der Waals surface area contributed by atoms with Crippen molar-refractivity contribution < 1.29 is 18.8 Å². The Labute approximate surface area is 172 Å². The van der Waals surface area contributed by atoms with E-state index < -0.39 is 0 Å². The second-order valence-corrected chi connectivity index (χ2v) is 8.83. The van der Waals surface area contributed by atoms with Gasteiger partial charge in [-0.25, -0.2) is 0 Å². The van der Waals surface area contributed by atoms with Crippen LogP contribution in [0.5, 0.6) is 11.5 Å². The van der Waals surface area contributed by atoms with E-state index in [1.807, 2.05) is 24.3 Å². The van der Waals surface area contributed by atoms with Gasteiger partial charge in [0.1, 0.15) is 13.2 Å². The first-order chi connectivity index (χ1) is 14.0. The lowest BCUT2D eigenvalue weighted by Crippen LogP contribution is -2.68. The Morgan fingerprint density at radius 3 is 2.52 bits per heavy atom. The third-order valence-corrected chi connectivity index (χ3v) is 6.98. The van der Waals surface area contributed by atoms with E-state index in [1.54, 1.807) is 0 Å². The van der Waals surface area contributed by atoms with Gasteiger partial charge < -0.3 is 18.5 Å².